The lowest BCUT2D eigenvalue weighted by atomic mass is 10.2. The smallest absolute Gasteiger partial charge is 0.191 e. The van der Waals surface area contributed by atoms with Gasteiger partial charge in [0.15, 0.2) is 5.96 Å². The molecule has 0 atom stereocenters. The van der Waals surface area contributed by atoms with E-state index in [-0.39, 0.29) is 24.0 Å². The Labute approximate surface area is 187 Å². The lowest BCUT2D eigenvalue weighted by Crippen LogP contribution is -2.36. The predicted molar refractivity (Wildman–Crippen MR) is 127 cm³/mol. The van der Waals surface area contributed by atoms with Crippen LogP contribution in [0.25, 0.3) is 5.69 Å². The molecule has 0 saturated carbocycles. The van der Waals surface area contributed by atoms with Crippen LogP contribution >= 0.6 is 35.3 Å². The maximum absolute atomic E-state index is 4.70. The first-order chi connectivity index (χ1) is 13.0. The maximum atomic E-state index is 4.70. The van der Waals surface area contributed by atoms with Gasteiger partial charge >= 0.3 is 0 Å². The van der Waals surface area contributed by atoms with Gasteiger partial charge < -0.3 is 10.6 Å². The van der Waals surface area contributed by atoms with Crippen LogP contribution in [-0.4, -0.2) is 27.8 Å². The lowest BCUT2D eigenvalue weighted by Gasteiger charge is -2.11. The van der Waals surface area contributed by atoms with Gasteiger partial charge in [-0.25, -0.2) is 9.67 Å². The molecule has 6 nitrogen and oxygen atoms in total. The molecule has 3 rings (SSSR count). The Morgan fingerprint density at radius 1 is 1.04 bits per heavy atom. The van der Waals surface area contributed by atoms with Gasteiger partial charge in [0, 0.05) is 29.7 Å². The van der Waals surface area contributed by atoms with Crippen LogP contribution in [0.3, 0.4) is 0 Å². The Morgan fingerprint density at radius 3 is 2.32 bits per heavy atom. The van der Waals surface area contributed by atoms with Crippen LogP contribution in [-0.2, 0) is 13.1 Å². The zero-order valence-electron chi connectivity index (χ0n) is 16.9. The van der Waals surface area contributed by atoms with Crippen LogP contribution in [0.2, 0.25) is 0 Å². The maximum Gasteiger partial charge on any atom is 0.191 e. The average molecular weight is 510 g/mol. The molecule has 0 amide bonds. The van der Waals surface area contributed by atoms with Crippen molar-refractivity contribution in [3.8, 4) is 5.69 Å². The quantitative estimate of drug-likeness (QED) is 0.309. The highest BCUT2D eigenvalue weighted by molar-refractivity contribution is 14.0. The number of hydrogen-bond donors (Lipinski definition) is 2. The third-order valence-electron chi connectivity index (χ3n) is 4.58. The van der Waals surface area contributed by atoms with Gasteiger partial charge in [0.05, 0.1) is 23.6 Å². The average Bonchev–Trinajstić information content (AvgIpc) is 3.14. The summed E-state index contributed by atoms with van der Waals surface area (Å²) in [7, 11) is 1.78. The Kier molecular flexibility index (Phi) is 7.99. The highest BCUT2D eigenvalue weighted by atomic mass is 127. The number of para-hydroxylation sites is 1. The van der Waals surface area contributed by atoms with Gasteiger partial charge in [-0.05, 0) is 39.8 Å². The second-order valence-corrected chi connectivity index (χ2v) is 7.71. The number of guanidine groups is 1. The topological polar surface area (TPSA) is 67.1 Å². The molecule has 0 spiro atoms. The van der Waals surface area contributed by atoms with Gasteiger partial charge in [-0.15, -0.1) is 35.3 Å². The zero-order chi connectivity index (χ0) is 19.4. The van der Waals surface area contributed by atoms with Crippen molar-refractivity contribution in [3.05, 3.63) is 62.9 Å². The predicted octanol–water partition coefficient (Wildman–Crippen LogP) is 4.05. The van der Waals surface area contributed by atoms with E-state index in [1.165, 1.54) is 10.4 Å². The van der Waals surface area contributed by atoms with Crippen LogP contribution in [0.1, 0.15) is 32.5 Å². The largest absolute Gasteiger partial charge is 0.352 e. The third-order valence-corrected chi connectivity index (χ3v) is 5.65. The Bertz CT molecular complexity index is 926. The van der Waals surface area contributed by atoms with E-state index in [0.29, 0.717) is 13.1 Å². The number of hydrogen-bond acceptors (Lipinski definition) is 4. The van der Waals surface area contributed by atoms with E-state index in [1.807, 2.05) is 36.7 Å². The SMILES string of the molecule is CN=C(NCc1nc(C)c(C)s1)NCc1c(C)nn(-c2ccccc2)c1C.I. The summed E-state index contributed by atoms with van der Waals surface area (Å²) in [6.07, 6.45) is 0. The molecule has 0 aliphatic rings. The molecule has 0 bridgehead atoms. The number of nitrogens with zero attached hydrogens (tertiary/aromatic N) is 4. The van der Waals surface area contributed by atoms with Crippen molar-refractivity contribution in [1.29, 1.82) is 0 Å². The molecule has 0 fully saturated rings. The van der Waals surface area contributed by atoms with E-state index < -0.39 is 0 Å². The standard InChI is InChI=1S/C20H26N6S.HI/c1-13-16(4)27-19(24-13)12-23-20(21-5)22-11-18-14(2)25-26(15(18)3)17-9-7-6-8-10-17;/h6-10H,11-12H2,1-5H3,(H2,21,22,23);1H. The Balaban J connectivity index is 0.00000280. The molecule has 3 aromatic rings. The monoisotopic (exact) mass is 510 g/mol. The molecule has 2 aromatic heterocycles. The van der Waals surface area contributed by atoms with Crippen molar-refractivity contribution in [2.75, 3.05) is 7.05 Å². The normalized spacial score (nSPS) is 11.2. The van der Waals surface area contributed by atoms with E-state index in [9.17, 15) is 0 Å². The first-order valence-electron chi connectivity index (χ1n) is 8.97. The van der Waals surface area contributed by atoms with Crippen molar-refractivity contribution in [2.45, 2.75) is 40.8 Å². The van der Waals surface area contributed by atoms with E-state index in [4.69, 9.17) is 5.10 Å². The number of thiazole rings is 1. The van der Waals surface area contributed by atoms with Gasteiger partial charge in [0.25, 0.3) is 0 Å². The lowest BCUT2D eigenvalue weighted by molar-refractivity contribution is 0.796. The number of halogens is 1. The Hall–Kier alpha value is -1.94. The Morgan fingerprint density at radius 2 is 1.71 bits per heavy atom. The molecule has 0 radical (unpaired) electrons. The minimum Gasteiger partial charge on any atom is -0.352 e. The van der Waals surface area contributed by atoms with Crippen molar-refractivity contribution < 1.29 is 0 Å². The molecule has 0 aliphatic heterocycles. The summed E-state index contributed by atoms with van der Waals surface area (Å²) in [5, 5.41) is 12.5. The molecule has 0 saturated heterocycles. The summed E-state index contributed by atoms with van der Waals surface area (Å²) < 4.78 is 1.99. The summed E-state index contributed by atoms with van der Waals surface area (Å²) in [6.45, 7) is 9.61. The molecule has 2 N–H and O–H groups in total. The van der Waals surface area contributed by atoms with Gasteiger partial charge in [-0.2, -0.15) is 5.10 Å². The molecule has 2 heterocycles. The molecule has 8 heteroatoms. The number of aliphatic imine (C=N–C) groups is 1. The van der Waals surface area contributed by atoms with Gasteiger partial charge in [0.1, 0.15) is 5.01 Å². The van der Waals surface area contributed by atoms with Gasteiger partial charge in [-0.1, -0.05) is 18.2 Å². The molecular formula is C20H27IN6S. The van der Waals surface area contributed by atoms with Crippen LogP contribution in [0.15, 0.2) is 35.3 Å². The summed E-state index contributed by atoms with van der Waals surface area (Å²) in [4.78, 5) is 10.1. The summed E-state index contributed by atoms with van der Waals surface area (Å²) >= 11 is 1.72. The van der Waals surface area contributed by atoms with Crippen LogP contribution in [0, 0.1) is 27.7 Å². The van der Waals surface area contributed by atoms with Crippen molar-refractivity contribution in [1.82, 2.24) is 25.4 Å². The summed E-state index contributed by atoms with van der Waals surface area (Å²) in [5.41, 5.74) is 5.50. The first kappa shape index (κ1) is 22.4. The molecule has 1 aromatic carbocycles. The molecule has 28 heavy (non-hydrogen) atoms. The summed E-state index contributed by atoms with van der Waals surface area (Å²) in [6, 6.07) is 10.2. The minimum absolute atomic E-state index is 0. The van der Waals surface area contributed by atoms with Crippen LogP contribution < -0.4 is 10.6 Å². The van der Waals surface area contributed by atoms with E-state index >= 15 is 0 Å². The van der Waals surface area contributed by atoms with E-state index in [2.05, 4.69) is 46.6 Å². The van der Waals surface area contributed by atoms with Gasteiger partial charge in [-0.3, -0.25) is 4.99 Å². The number of benzene rings is 1. The number of aromatic nitrogens is 3. The fourth-order valence-corrected chi connectivity index (χ4v) is 3.79. The van der Waals surface area contributed by atoms with Crippen molar-refractivity contribution >= 4 is 41.3 Å². The van der Waals surface area contributed by atoms with E-state index in [0.717, 1.165) is 33.7 Å². The molecule has 150 valence electrons. The first-order valence-corrected chi connectivity index (χ1v) is 9.79. The number of nitrogens with one attached hydrogen (secondary N) is 2. The second kappa shape index (κ2) is 10.0. The zero-order valence-corrected chi connectivity index (χ0v) is 20.1. The third kappa shape index (κ3) is 5.11. The van der Waals surface area contributed by atoms with Crippen molar-refractivity contribution in [3.63, 3.8) is 0 Å². The highest BCUT2D eigenvalue weighted by Crippen LogP contribution is 2.18. The second-order valence-electron chi connectivity index (χ2n) is 6.43. The number of rotatable bonds is 5. The van der Waals surface area contributed by atoms with Gasteiger partial charge in [0.2, 0.25) is 0 Å². The fourth-order valence-electron chi connectivity index (χ4n) is 2.92. The van der Waals surface area contributed by atoms with Crippen LogP contribution in [0.5, 0.6) is 0 Å². The molecular weight excluding hydrogens is 483 g/mol. The van der Waals surface area contributed by atoms with E-state index in [1.54, 1.807) is 18.4 Å². The van der Waals surface area contributed by atoms with Crippen molar-refractivity contribution in [2.24, 2.45) is 4.99 Å². The minimum atomic E-state index is 0. The molecule has 0 unspecified atom stereocenters. The highest BCUT2D eigenvalue weighted by Gasteiger charge is 2.13. The summed E-state index contributed by atoms with van der Waals surface area (Å²) in [5.74, 6) is 0.756. The van der Waals surface area contributed by atoms with Crippen LogP contribution in [0.4, 0.5) is 0 Å². The fraction of sp³-hybridized carbons (Fsp3) is 0.350. The number of aryl methyl sites for hydroxylation is 3. The molecule has 0 aliphatic carbocycles.